The molecule has 0 aliphatic heterocycles. The monoisotopic (exact) mass is 243 g/mol. The largest absolute Gasteiger partial charge is 0.398 e. The van der Waals surface area contributed by atoms with Gasteiger partial charge in [-0.25, -0.2) is 0 Å². The van der Waals surface area contributed by atoms with Gasteiger partial charge in [0, 0.05) is 11.7 Å². The smallest absolute Gasteiger partial charge is 0.101 e. The first-order valence-corrected chi connectivity index (χ1v) is 6.56. The Bertz CT molecular complexity index is 471. The first kappa shape index (κ1) is 12.8. The Morgan fingerprint density at radius 3 is 2.83 bits per heavy atom. The van der Waals surface area contributed by atoms with E-state index in [9.17, 15) is 0 Å². The molecule has 1 aromatic carbocycles. The first-order chi connectivity index (χ1) is 8.50. The Balaban J connectivity index is 2.06. The molecule has 1 aliphatic carbocycles. The minimum atomic E-state index is 0.425. The van der Waals surface area contributed by atoms with Crippen LogP contribution in [0.2, 0.25) is 0 Å². The molecule has 96 valence electrons. The zero-order valence-electron chi connectivity index (χ0n) is 11.2. The van der Waals surface area contributed by atoms with Crippen molar-refractivity contribution in [2.75, 3.05) is 11.1 Å². The van der Waals surface area contributed by atoms with Crippen LogP contribution >= 0.6 is 0 Å². The average Bonchev–Trinajstić information content (AvgIpc) is 2.28. The molecule has 0 bridgehead atoms. The van der Waals surface area contributed by atoms with Gasteiger partial charge in [0.05, 0.1) is 11.3 Å². The van der Waals surface area contributed by atoms with E-state index < -0.39 is 0 Å². The van der Waals surface area contributed by atoms with Crippen molar-refractivity contribution in [2.24, 2.45) is 5.41 Å². The molecule has 0 amide bonds. The van der Waals surface area contributed by atoms with Crippen molar-refractivity contribution in [1.82, 2.24) is 0 Å². The van der Waals surface area contributed by atoms with Gasteiger partial charge in [0.2, 0.25) is 0 Å². The van der Waals surface area contributed by atoms with Gasteiger partial charge < -0.3 is 11.1 Å². The quantitative estimate of drug-likeness (QED) is 0.781. The highest BCUT2D eigenvalue weighted by Gasteiger charge is 2.27. The SMILES string of the molecule is CC1(C)CCCC(Nc2ccc(C#N)c(N)c2)C1. The minimum absolute atomic E-state index is 0.425. The van der Waals surface area contributed by atoms with Crippen LogP contribution in [0.4, 0.5) is 11.4 Å². The van der Waals surface area contributed by atoms with E-state index in [1.807, 2.05) is 12.1 Å². The Labute approximate surface area is 109 Å². The Morgan fingerprint density at radius 2 is 2.22 bits per heavy atom. The van der Waals surface area contributed by atoms with Gasteiger partial charge >= 0.3 is 0 Å². The second-order valence-corrected chi connectivity index (χ2v) is 6.02. The van der Waals surface area contributed by atoms with E-state index >= 15 is 0 Å². The molecule has 0 heterocycles. The summed E-state index contributed by atoms with van der Waals surface area (Å²) in [6.45, 7) is 4.65. The van der Waals surface area contributed by atoms with E-state index in [0.717, 1.165) is 5.69 Å². The molecular weight excluding hydrogens is 222 g/mol. The molecule has 1 unspecified atom stereocenters. The van der Waals surface area contributed by atoms with Crippen LogP contribution in [0.25, 0.3) is 0 Å². The number of hydrogen-bond donors (Lipinski definition) is 2. The average molecular weight is 243 g/mol. The topological polar surface area (TPSA) is 61.8 Å². The third-order valence-corrected chi connectivity index (χ3v) is 3.75. The number of nitriles is 1. The highest BCUT2D eigenvalue weighted by Crippen LogP contribution is 2.36. The summed E-state index contributed by atoms with van der Waals surface area (Å²) < 4.78 is 0. The molecule has 18 heavy (non-hydrogen) atoms. The van der Waals surface area contributed by atoms with Crippen LogP contribution in [0.1, 0.15) is 45.1 Å². The van der Waals surface area contributed by atoms with Gasteiger partial charge in [-0.2, -0.15) is 5.26 Å². The maximum absolute atomic E-state index is 8.85. The molecule has 3 nitrogen and oxygen atoms in total. The Morgan fingerprint density at radius 1 is 1.44 bits per heavy atom. The third-order valence-electron chi connectivity index (χ3n) is 3.75. The first-order valence-electron chi connectivity index (χ1n) is 6.56. The van der Waals surface area contributed by atoms with Crippen LogP contribution in [-0.2, 0) is 0 Å². The summed E-state index contributed by atoms with van der Waals surface area (Å²) in [4.78, 5) is 0. The summed E-state index contributed by atoms with van der Waals surface area (Å²) >= 11 is 0. The summed E-state index contributed by atoms with van der Waals surface area (Å²) in [6.07, 6.45) is 4.98. The molecule has 1 atom stereocenters. The maximum atomic E-state index is 8.85. The number of hydrogen-bond acceptors (Lipinski definition) is 3. The van der Waals surface area contributed by atoms with Crippen molar-refractivity contribution >= 4 is 11.4 Å². The highest BCUT2D eigenvalue weighted by molar-refractivity contribution is 5.62. The molecule has 3 heteroatoms. The lowest BCUT2D eigenvalue weighted by molar-refractivity contribution is 0.229. The predicted molar refractivity (Wildman–Crippen MR) is 75.2 cm³/mol. The van der Waals surface area contributed by atoms with E-state index in [4.69, 9.17) is 11.0 Å². The number of benzene rings is 1. The third kappa shape index (κ3) is 2.95. The lowest BCUT2D eigenvalue weighted by atomic mass is 9.75. The Hall–Kier alpha value is -1.69. The summed E-state index contributed by atoms with van der Waals surface area (Å²) in [5, 5.41) is 12.4. The van der Waals surface area contributed by atoms with Crippen molar-refractivity contribution < 1.29 is 0 Å². The van der Waals surface area contributed by atoms with Crippen LogP contribution in [0, 0.1) is 16.7 Å². The fourth-order valence-electron chi connectivity index (χ4n) is 2.81. The molecule has 1 aromatic rings. The van der Waals surface area contributed by atoms with Crippen molar-refractivity contribution in [3.05, 3.63) is 23.8 Å². The molecule has 1 aliphatic rings. The molecule has 0 radical (unpaired) electrons. The molecule has 3 N–H and O–H groups in total. The summed E-state index contributed by atoms with van der Waals surface area (Å²) in [7, 11) is 0. The van der Waals surface area contributed by atoms with Crippen LogP contribution in [0.5, 0.6) is 0 Å². The molecule has 0 aromatic heterocycles. The standard InChI is InChI=1S/C15H21N3/c1-15(2)7-3-4-13(9-15)18-12-6-5-11(10-16)14(17)8-12/h5-6,8,13,18H,3-4,7,9,17H2,1-2H3. The fraction of sp³-hybridized carbons (Fsp3) is 0.533. The highest BCUT2D eigenvalue weighted by atomic mass is 14.9. The summed E-state index contributed by atoms with van der Waals surface area (Å²) in [5.41, 5.74) is 8.37. The van der Waals surface area contributed by atoms with Crippen molar-refractivity contribution in [3.8, 4) is 6.07 Å². The van der Waals surface area contributed by atoms with E-state index in [0.29, 0.717) is 22.7 Å². The number of rotatable bonds is 2. The number of nitrogen functional groups attached to an aromatic ring is 1. The lowest BCUT2D eigenvalue weighted by Gasteiger charge is -2.36. The van der Waals surface area contributed by atoms with E-state index in [1.165, 1.54) is 25.7 Å². The van der Waals surface area contributed by atoms with Crippen LogP contribution in [-0.4, -0.2) is 6.04 Å². The predicted octanol–water partition coefficient (Wildman–Crippen LogP) is 3.52. The maximum Gasteiger partial charge on any atom is 0.101 e. The summed E-state index contributed by atoms with van der Waals surface area (Å²) in [5.74, 6) is 0. The van der Waals surface area contributed by atoms with Crippen molar-refractivity contribution in [1.29, 1.82) is 5.26 Å². The number of nitrogens with one attached hydrogen (secondary N) is 1. The van der Waals surface area contributed by atoms with Gasteiger partial charge in [0.1, 0.15) is 6.07 Å². The molecule has 2 rings (SSSR count). The van der Waals surface area contributed by atoms with Crippen molar-refractivity contribution in [3.63, 3.8) is 0 Å². The van der Waals surface area contributed by atoms with Gasteiger partial charge in [0.15, 0.2) is 0 Å². The zero-order chi connectivity index (χ0) is 13.2. The molecule has 1 saturated carbocycles. The van der Waals surface area contributed by atoms with Crippen LogP contribution in [0.3, 0.4) is 0 Å². The normalized spacial score (nSPS) is 22.2. The minimum Gasteiger partial charge on any atom is -0.398 e. The van der Waals surface area contributed by atoms with Crippen LogP contribution < -0.4 is 11.1 Å². The van der Waals surface area contributed by atoms with Gasteiger partial charge in [-0.3, -0.25) is 0 Å². The number of anilines is 2. The fourth-order valence-corrected chi connectivity index (χ4v) is 2.81. The van der Waals surface area contributed by atoms with E-state index in [-0.39, 0.29) is 0 Å². The van der Waals surface area contributed by atoms with Crippen molar-refractivity contribution in [2.45, 2.75) is 45.6 Å². The van der Waals surface area contributed by atoms with Gasteiger partial charge in [-0.1, -0.05) is 20.3 Å². The second-order valence-electron chi connectivity index (χ2n) is 6.02. The molecule has 1 fully saturated rings. The zero-order valence-corrected chi connectivity index (χ0v) is 11.2. The molecule has 0 saturated heterocycles. The number of nitrogens with zero attached hydrogens (tertiary/aromatic N) is 1. The number of nitrogens with two attached hydrogens (primary N) is 1. The summed E-state index contributed by atoms with van der Waals surface area (Å²) in [6, 6.07) is 8.19. The lowest BCUT2D eigenvalue weighted by Crippen LogP contribution is -2.31. The van der Waals surface area contributed by atoms with Gasteiger partial charge in [-0.15, -0.1) is 0 Å². The van der Waals surface area contributed by atoms with Gasteiger partial charge in [0.25, 0.3) is 0 Å². The van der Waals surface area contributed by atoms with Gasteiger partial charge in [-0.05, 0) is 42.9 Å². The molecule has 0 spiro atoms. The Kier molecular flexibility index (Phi) is 3.47. The van der Waals surface area contributed by atoms with E-state index in [1.54, 1.807) is 6.07 Å². The van der Waals surface area contributed by atoms with E-state index in [2.05, 4.69) is 25.2 Å². The van der Waals surface area contributed by atoms with Crippen LogP contribution in [0.15, 0.2) is 18.2 Å². The molecular formula is C15H21N3. The second kappa shape index (κ2) is 4.89.